The lowest BCUT2D eigenvalue weighted by molar-refractivity contribution is 0.354. The smallest absolute Gasteiger partial charge is 0.271 e. The van der Waals surface area contributed by atoms with Crippen molar-refractivity contribution < 1.29 is 13.9 Å². The molecule has 9 heteroatoms. The average molecular weight is 616 g/mol. The molecular weight excluding hydrogens is 591 g/mol. The van der Waals surface area contributed by atoms with Gasteiger partial charge in [-0.3, -0.25) is 9.36 Å². The molecule has 6 nitrogen and oxygen atoms in total. The van der Waals surface area contributed by atoms with Crippen molar-refractivity contribution >= 4 is 46.3 Å². The molecule has 2 aliphatic rings. The third kappa shape index (κ3) is 4.49. The highest BCUT2D eigenvalue weighted by molar-refractivity contribution is 7.07. The molecule has 0 bridgehead atoms. The normalized spacial score (nSPS) is 16.0. The number of allylic oxidation sites excluding steroid dienone is 1. The molecule has 0 N–H and O–H groups in total. The second kappa shape index (κ2) is 10.7. The van der Waals surface area contributed by atoms with Crippen LogP contribution in [-0.2, 0) is 6.42 Å². The number of thiazole rings is 1. The van der Waals surface area contributed by atoms with E-state index in [2.05, 4.69) is 18.2 Å². The Kier molecular flexibility index (Phi) is 6.81. The molecule has 210 valence electrons. The van der Waals surface area contributed by atoms with E-state index in [1.54, 1.807) is 43.1 Å². The number of aryl methyl sites for hydroxylation is 1. The lowest BCUT2D eigenvalue weighted by atomic mass is 9.83. The van der Waals surface area contributed by atoms with Crippen LogP contribution in [0.2, 0.25) is 10.0 Å². The van der Waals surface area contributed by atoms with E-state index >= 15 is 0 Å². The summed E-state index contributed by atoms with van der Waals surface area (Å²) in [6, 6.07) is 22.7. The van der Waals surface area contributed by atoms with Crippen molar-refractivity contribution in [3.8, 4) is 22.8 Å². The second-order valence-corrected chi connectivity index (χ2v) is 11.9. The van der Waals surface area contributed by atoms with Gasteiger partial charge in [0, 0.05) is 22.2 Å². The molecule has 1 aliphatic heterocycles. The van der Waals surface area contributed by atoms with Crippen LogP contribution in [0.25, 0.3) is 23.1 Å². The van der Waals surface area contributed by atoms with E-state index in [1.165, 1.54) is 16.9 Å². The molecule has 0 spiro atoms. The van der Waals surface area contributed by atoms with Gasteiger partial charge in [-0.2, -0.15) is 0 Å². The van der Waals surface area contributed by atoms with E-state index in [9.17, 15) is 4.79 Å². The van der Waals surface area contributed by atoms with Crippen molar-refractivity contribution in [1.82, 2.24) is 4.57 Å². The molecule has 5 aromatic rings. The maximum absolute atomic E-state index is 14.1. The highest BCUT2D eigenvalue weighted by Crippen LogP contribution is 2.43. The number of nitrogens with zero attached hydrogens (tertiary/aromatic N) is 2. The van der Waals surface area contributed by atoms with Crippen LogP contribution in [0.15, 0.2) is 92.6 Å². The molecule has 0 radical (unpaired) electrons. The third-order valence-electron chi connectivity index (χ3n) is 7.69. The summed E-state index contributed by atoms with van der Waals surface area (Å²) >= 11 is 13.9. The summed E-state index contributed by atoms with van der Waals surface area (Å²) in [6.45, 7) is 0. The van der Waals surface area contributed by atoms with Gasteiger partial charge in [0.2, 0.25) is 0 Å². The van der Waals surface area contributed by atoms with Gasteiger partial charge in [0.05, 0.1) is 35.5 Å². The molecule has 0 saturated heterocycles. The van der Waals surface area contributed by atoms with E-state index in [0.29, 0.717) is 48.0 Å². The van der Waals surface area contributed by atoms with Crippen LogP contribution in [0.5, 0.6) is 11.5 Å². The molecule has 42 heavy (non-hydrogen) atoms. The van der Waals surface area contributed by atoms with E-state index < -0.39 is 0 Å². The fourth-order valence-electron chi connectivity index (χ4n) is 5.74. The first kappa shape index (κ1) is 26.8. The Morgan fingerprint density at radius 3 is 2.62 bits per heavy atom. The number of hydrogen-bond donors (Lipinski definition) is 0. The van der Waals surface area contributed by atoms with Crippen LogP contribution in [-0.4, -0.2) is 18.8 Å². The first-order chi connectivity index (χ1) is 20.4. The number of aromatic nitrogens is 1. The van der Waals surface area contributed by atoms with Gasteiger partial charge in [0.15, 0.2) is 16.3 Å². The van der Waals surface area contributed by atoms with Crippen molar-refractivity contribution in [3.63, 3.8) is 0 Å². The van der Waals surface area contributed by atoms with E-state index in [4.69, 9.17) is 42.1 Å². The van der Waals surface area contributed by atoms with Crippen molar-refractivity contribution in [3.05, 3.63) is 131 Å². The first-order valence-corrected chi connectivity index (χ1v) is 14.9. The fraction of sp³-hybridized carbons (Fsp3) is 0.152. The lowest BCUT2D eigenvalue weighted by Gasteiger charge is -2.31. The monoisotopic (exact) mass is 614 g/mol. The van der Waals surface area contributed by atoms with Crippen LogP contribution in [0.1, 0.15) is 34.9 Å². The van der Waals surface area contributed by atoms with Gasteiger partial charge in [-0.1, -0.05) is 64.9 Å². The second-order valence-electron chi connectivity index (χ2n) is 10.1. The molecule has 0 fully saturated rings. The number of furan rings is 1. The summed E-state index contributed by atoms with van der Waals surface area (Å²) in [4.78, 5) is 19.8. The Bertz CT molecular complexity index is 2090. The van der Waals surface area contributed by atoms with Crippen molar-refractivity contribution in [2.75, 3.05) is 14.2 Å². The zero-order valence-electron chi connectivity index (χ0n) is 22.7. The quantitative estimate of drug-likeness (QED) is 0.216. The minimum Gasteiger partial charge on any atom is -0.493 e. The van der Waals surface area contributed by atoms with Gasteiger partial charge >= 0.3 is 0 Å². The maximum atomic E-state index is 14.1. The maximum Gasteiger partial charge on any atom is 0.271 e. The summed E-state index contributed by atoms with van der Waals surface area (Å²) in [5, 5.41) is 1.09. The molecular formula is C33H24Cl2N2O4S. The molecule has 3 heterocycles. The number of halogens is 2. The number of benzene rings is 3. The molecule has 1 atom stereocenters. The van der Waals surface area contributed by atoms with Gasteiger partial charge in [-0.05, 0) is 72.0 Å². The molecule has 1 unspecified atom stereocenters. The highest BCUT2D eigenvalue weighted by Gasteiger charge is 2.33. The zero-order chi connectivity index (χ0) is 29.0. The predicted molar refractivity (Wildman–Crippen MR) is 166 cm³/mol. The van der Waals surface area contributed by atoms with Gasteiger partial charge < -0.3 is 13.9 Å². The Balaban J connectivity index is 1.41. The van der Waals surface area contributed by atoms with Crippen LogP contribution in [0.3, 0.4) is 0 Å². The van der Waals surface area contributed by atoms with Crippen LogP contribution < -0.4 is 24.4 Å². The largest absolute Gasteiger partial charge is 0.493 e. The van der Waals surface area contributed by atoms with Crippen LogP contribution in [0.4, 0.5) is 0 Å². The Hall–Kier alpha value is -4.04. The topological polar surface area (TPSA) is 66.0 Å². The van der Waals surface area contributed by atoms with Gasteiger partial charge in [0.25, 0.3) is 5.56 Å². The molecule has 0 amide bonds. The van der Waals surface area contributed by atoms with Gasteiger partial charge in [-0.15, -0.1) is 0 Å². The Morgan fingerprint density at radius 1 is 0.952 bits per heavy atom. The van der Waals surface area contributed by atoms with Crippen molar-refractivity contribution in [2.45, 2.75) is 18.9 Å². The number of rotatable bonds is 5. The Morgan fingerprint density at radius 2 is 1.79 bits per heavy atom. The zero-order valence-corrected chi connectivity index (χ0v) is 25.0. The van der Waals surface area contributed by atoms with Gasteiger partial charge in [-0.25, -0.2) is 4.99 Å². The minimum atomic E-state index is -0.344. The fourth-order valence-corrected chi connectivity index (χ4v) is 7.10. The van der Waals surface area contributed by atoms with Gasteiger partial charge in [0.1, 0.15) is 11.5 Å². The number of methoxy groups -OCH3 is 2. The summed E-state index contributed by atoms with van der Waals surface area (Å²) in [5.41, 5.74) is 5.88. The number of ether oxygens (including phenoxy) is 2. The van der Waals surface area contributed by atoms with E-state index in [-0.39, 0.29) is 11.6 Å². The molecule has 7 rings (SSSR count). The average Bonchev–Trinajstić information content (AvgIpc) is 3.60. The van der Waals surface area contributed by atoms with Crippen LogP contribution >= 0.6 is 34.5 Å². The van der Waals surface area contributed by atoms with Crippen molar-refractivity contribution in [1.29, 1.82) is 0 Å². The lowest BCUT2D eigenvalue weighted by Crippen LogP contribution is -2.38. The summed E-state index contributed by atoms with van der Waals surface area (Å²) in [7, 11) is 3.22. The molecule has 2 aromatic heterocycles. The summed E-state index contributed by atoms with van der Waals surface area (Å²) < 4.78 is 19.5. The van der Waals surface area contributed by atoms with E-state index in [0.717, 1.165) is 35.2 Å². The van der Waals surface area contributed by atoms with Crippen LogP contribution in [0, 0.1) is 0 Å². The molecule has 1 aliphatic carbocycles. The van der Waals surface area contributed by atoms with E-state index in [1.807, 2.05) is 36.4 Å². The standard InChI is InChI=1S/C33H24Cl2N2O4S/c1-39-27-13-8-19(15-28(27)40-2)31-23-11-7-18-5-3-4-6-22(18)30(23)36-33-37(31)32(38)29(42-33)17-21-10-14-26(41-21)24-16-20(34)9-12-25(24)35/h3-6,8-10,12-17,31H,7,11H2,1-2H3. The summed E-state index contributed by atoms with van der Waals surface area (Å²) in [6.07, 6.45) is 3.43. The third-order valence-corrected chi connectivity index (χ3v) is 9.24. The predicted octanol–water partition coefficient (Wildman–Crippen LogP) is 6.90. The number of fused-ring (bicyclic) bond motifs is 3. The SMILES string of the molecule is COc1ccc(C2C3=C(N=c4sc(=Cc5ccc(-c6cc(Cl)ccc6Cl)o5)c(=O)n42)c2ccccc2CC3)cc1OC. The highest BCUT2D eigenvalue weighted by atomic mass is 35.5. The molecule has 0 saturated carbocycles. The summed E-state index contributed by atoms with van der Waals surface area (Å²) in [5.74, 6) is 2.33. The van der Waals surface area contributed by atoms with Crippen molar-refractivity contribution in [2.24, 2.45) is 4.99 Å². The Labute approximate surface area is 255 Å². The number of hydrogen-bond acceptors (Lipinski definition) is 6. The molecule has 3 aromatic carbocycles. The first-order valence-electron chi connectivity index (χ1n) is 13.4. The minimum absolute atomic E-state index is 0.136.